The number of fused-ring (bicyclic) bond motifs is 1. The predicted molar refractivity (Wildman–Crippen MR) is 150 cm³/mol. The first-order valence-corrected chi connectivity index (χ1v) is 13.8. The Kier molecular flexibility index (Phi) is 8.09. The number of hydrogen-bond donors (Lipinski definition) is 0. The summed E-state index contributed by atoms with van der Waals surface area (Å²) < 4.78 is 1.80. The van der Waals surface area contributed by atoms with E-state index < -0.39 is 4.92 Å². The summed E-state index contributed by atoms with van der Waals surface area (Å²) >= 11 is 5.97. The van der Waals surface area contributed by atoms with Crippen LogP contribution in [0.25, 0.3) is 0 Å². The molecular formula is C29H32ClN5O4. The zero-order valence-corrected chi connectivity index (χ0v) is 22.8. The Balaban J connectivity index is 1.30. The first kappa shape index (κ1) is 27.0. The number of carbonyl (C=O) groups excluding carboxylic acids is 2. The van der Waals surface area contributed by atoms with Gasteiger partial charge in [0.05, 0.1) is 10.6 Å². The van der Waals surface area contributed by atoms with Gasteiger partial charge >= 0.3 is 0 Å². The molecule has 2 aromatic carbocycles. The van der Waals surface area contributed by atoms with Crippen LogP contribution in [-0.4, -0.2) is 57.5 Å². The van der Waals surface area contributed by atoms with E-state index in [9.17, 15) is 19.7 Å². The molecule has 0 radical (unpaired) electrons. The number of carbonyl (C=O) groups is 2. The fourth-order valence-electron chi connectivity index (χ4n) is 5.70. The molecule has 204 valence electrons. The van der Waals surface area contributed by atoms with Gasteiger partial charge in [-0.05, 0) is 88.0 Å². The van der Waals surface area contributed by atoms with Crippen molar-refractivity contribution in [1.29, 1.82) is 0 Å². The average molecular weight is 550 g/mol. The number of halogens is 1. The van der Waals surface area contributed by atoms with Crippen LogP contribution < -0.4 is 4.90 Å². The first-order chi connectivity index (χ1) is 18.8. The molecule has 1 aromatic heterocycles. The minimum absolute atomic E-state index is 0.0237. The highest BCUT2D eigenvalue weighted by Crippen LogP contribution is 2.31. The second kappa shape index (κ2) is 11.7. The van der Waals surface area contributed by atoms with Crippen LogP contribution in [0.15, 0.2) is 48.5 Å². The number of nitro groups is 1. The maximum Gasteiger partial charge on any atom is 0.269 e. The van der Waals surface area contributed by atoms with Crippen molar-refractivity contribution < 1.29 is 14.5 Å². The van der Waals surface area contributed by atoms with Gasteiger partial charge in [-0.1, -0.05) is 11.6 Å². The minimum Gasteiger partial charge on any atom is -0.302 e. The fourth-order valence-corrected chi connectivity index (χ4v) is 5.82. The van der Waals surface area contributed by atoms with Crippen LogP contribution in [0.5, 0.6) is 0 Å². The molecule has 1 aliphatic heterocycles. The number of aromatic nitrogens is 2. The molecule has 1 saturated heterocycles. The van der Waals surface area contributed by atoms with Crippen LogP contribution in [0, 0.1) is 16.0 Å². The van der Waals surface area contributed by atoms with Crippen LogP contribution in [0.4, 0.5) is 11.5 Å². The molecule has 0 bridgehead atoms. The zero-order chi connectivity index (χ0) is 27.5. The van der Waals surface area contributed by atoms with Crippen LogP contribution in [0.3, 0.4) is 0 Å². The third-order valence-electron chi connectivity index (χ3n) is 7.84. The molecule has 0 saturated carbocycles. The number of likely N-dealkylation sites (tertiary alicyclic amines) is 1. The number of benzene rings is 2. The maximum atomic E-state index is 13.8. The monoisotopic (exact) mass is 549 g/mol. The van der Waals surface area contributed by atoms with E-state index in [1.165, 1.54) is 24.3 Å². The number of Topliss-reactive ketones (excluding diaryl/α,β-unsaturated/α-hetero) is 1. The maximum absolute atomic E-state index is 13.8. The van der Waals surface area contributed by atoms with Gasteiger partial charge in [-0.15, -0.1) is 0 Å². The largest absolute Gasteiger partial charge is 0.302 e. The highest BCUT2D eigenvalue weighted by molar-refractivity contribution is 6.30. The van der Waals surface area contributed by atoms with Gasteiger partial charge in [0, 0.05) is 59.9 Å². The van der Waals surface area contributed by atoms with E-state index in [4.69, 9.17) is 16.7 Å². The van der Waals surface area contributed by atoms with Gasteiger partial charge in [0.2, 0.25) is 0 Å². The SMILES string of the molecule is Cn1nc2c(c1N(CCN1CCC(C(=O)c3ccc(Cl)cc3)CC1)C(=O)c1ccc([N+](=O)[O-])cc1)CCCC2. The summed E-state index contributed by atoms with van der Waals surface area (Å²) in [7, 11) is 1.87. The topological polar surface area (TPSA) is 102 Å². The normalized spacial score (nSPS) is 16.1. The molecule has 0 spiro atoms. The Morgan fingerprint density at radius 2 is 1.67 bits per heavy atom. The minimum atomic E-state index is -0.467. The van der Waals surface area contributed by atoms with Crippen molar-refractivity contribution in [3.05, 3.63) is 86.1 Å². The number of aryl methyl sites for hydroxylation is 2. The molecule has 0 atom stereocenters. The molecule has 0 N–H and O–H groups in total. The molecule has 39 heavy (non-hydrogen) atoms. The smallest absolute Gasteiger partial charge is 0.269 e. The standard InChI is InChI=1S/C29H32ClN5O4/c1-32-28(25-4-2-3-5-26(25)31-32)34(29(37)22-8-12-24(13-9-22)35(38)39)19-18-33-16-14-21(15-17-33)27(36)20-6-10-23(30)11-7-20/h6-13,21H,2-5,14-19H2,1H3. The summed E-state index contributed by atoms with van der Waals surface area (Å²) in [6.07, 6.45) is 5.44. The Bertz CT molecular complexity index is 1360. The number of piperidine rings is 1. The molecule has 1 aliphatic carbocycles. The van der Waals surface area contributed by atoms with Crippen molar-refractivity contribution in [2.24, 2.45) is 13.0 Å². The average Bonchev–Trinajstić information content (AvgIpc) is 3.29. The molecule has 9 nitrogen and oxygen atoms in total. The van der Waals surface area contributed by atoms with E-state index in [0.717, 1.165) is 68.7 Å². The fraction of sp³-hybridized carbons (Fsp3) is 0.414. The lowest BCUT2D eigenvalue weighted by Gasteiger charge is -2.33. The second-order valence-electron chi connectivity index (χ2n) is 10.3. The van der Waals surface area contributed by atoms with Gasteiger partial charge in [0.15, 0.2) is 5.78 Å². The summed E-state index contributed by atoms with van der Waals surface area (Å²) in [4.78, 5) is 41.5. The molecule has 2 heterocycles. The van der Waals surface area contributed by atoms with E-state index in [1.54, 1.807) is 33.8 Å². The molecule has 1 amide bonds. The van der Waals surface area contributed by atoms with E-state index in [2.05, 4.69) is 4.90 Å². The van der Waals surface area contributed by atoms with Gasteiger partial charge < -0.3 is 4.90 Å². The number of anilines is 1. The summed E-state index contributed by atoms with van der Waals surface area (Å²) in [5, 5.41) is 16.4. The lowest BCUT2D eigenvalue weighted by Crippen LogP contribution is -2.43. The Morgan fingerprint density at radius 3 is 2.33 bits per heavy atom. The number of ketones is 1. The molecule has 1 fully saturated rings. The first-order valence-electron chi connectivity index (χ1n) is 13.4. The van der Waals surface area contributed by atoms with Gasteiger partial charge in [-0.2, -0.15) is 5.10 Å². The number of non-ortho nitro benzene ring substituents is 1. The van der Waals surface area contributed by atoms with E-state index in [-0.39, 0.29) is 23.3 Å². The molecule has 3 aromatic rings. The summed E-state index contributed by atoms with van der Waals surface area (Å²) in [6.45, 7) is 2.65. The second-order valence-corrected chi connectivity index (χ2v) is 10.8. The van der Waals surface area contributed by atoms with E-state index >= 15 is 0 Å². The Morgan fingerprint density at radius 1 is 1.03 bits per heavy atom. The van der Waals surface area contributed by atoms with Crippen molar-refractivity contribution in [1.82, 2.24) is 14.7 Å². The third kappa shape index (κ3) is 5.89. The zero-order valence-electron chi connectivity index (χ0n) is 22.0. The van der Waals surface area contributed by atoms with Crippen LogP contribution >= 0.6 is 11.6 Å². The highest BCUT2D eigenvalue weighted by Gasteiger charge is 2.30. The summed E-state index contributed by atoms with van der Waals surface area (Å²) in [6, 6.07) is 12.8. The molecule has 2 aliphatic rings. The van der Waals surface area contributed by atoms with E-state index in [0.29, 0.717) is 29.2 Å². The van der Waals surface area contributed by atoms with Gasteiger partial charge in [-0.3, -0.25) is 29.3 Å². The number of rotatable bonds is 8. The molecule has 5 rings (SSSR count). The Labute approximate surface area is 232 Å². The quantitative estimate of drug-likeness (QED) is 0.220. The van der Waals surface area contributed by atoms with Crippen LogP contribution in [0.1, 0.15) is 57.7 Å². The number of hydrogen-bond acceptors (Lipinski definition) is 6. The van der Waals surface area contributed by atoms with Crippen molar-refractivity contribution in [2.45, 2.75) is 38.5 Å². The molecule has 10 heteroatoms. The predicted octanol–water partition coefficient (Wildman–Crippen LogP) is 5.10. The van der Waals surface area contributed by atoms with Crippen molar-refractivity contribution in [3.8, 4) is 0 Å². The number of nitro benzene ring substituents is 1. The van der Waals surface area contributed by atoms with Gasteiger partial charge in [0.1, 0.15) is 5.82 Å². The van der Waals surface area contributed by atoms with Crippen molar-refractivity contribution >= 4 is 34.8 Å². The number of nitrogens with zero attached hydrogens (tertiary/aromatic N) is 5. The number of amides is 1. The summed E-state index contributed by atoms with van der Waals surface area (Å²) in [5.74, 6) is 0.738. The summed E-state index contributed by atoms with van der Waals surface area (Å²) in [5.41, 5.74) is 3.21. The molecule has 0 unspecified atom stereocenters. The van der Waals surface area contributed by atoms with Crippen molar-refractivity contribution in [3.63, 3.8) is 0 Å². The van der Waals surface area contributed by atoms with Gasteiger partial charge in [0.25, 0.3) is 11.6 Å². The Hall–Kier alpha value is -3.56. The van der Waals surface area contributed by atoms with Crippen LogP contribution in [-0.2, 0) is 19.9 Å². The highest BCUT2D eigenvalue weighted by atomic mass is 35.5. The van der Waals surface area contributed by atoms with Crippen molar-refractivity contribution in [2.75, 3.05) is 31.1 Å². The van der Waals surface area contributed by atoms with E-state index in [1.807, 2.05) is 7.05 Å². The third-order valence-corrected chi connectivity index (χ3v) is 8.09. The molecular weight excluding hydrogens is 518 g/mol. The lowest BCUT2D eigenvalue weighted by molar-refractivity contribution is -0.384. The van der Waals surface area contributed by atoms with Gasteiger partial charge in [-0.25, -0.2) is 0 Å². The lowest BCUT2D eigenvalue weighted by atomic mass is 9.89. The van der Waals surface area contributed by atoms with Crippen LogP contribution in [0.2, 0.25) is 5.02 Å².